The topological polar surface area (TPSA) is 105 Å². The minimum Gasteiger partial charge on any atom is -0.294 e. The summed E-state index contributed by atoms with van der Waals surface area (Å²) in [5.74, 6) is 0. The predicted molar refractivity (Wildman–Crippen MR) is 127 cm³/mol. The highest BCUT2D eigenvalue weighted by atomic mass is 16.6. The molecular formula is C26H21N5O3. The number of nitrogens with zero attached hydrogens (tertiary/aromatic N) is 5. The smallest absolute Gasteiger partial charge is 0.269 e. The van der Waals surface area contributed by atoms with Gasteiger partial charge in [-0.1, -0.05) is 24.3 Å². The normalized spacial score (nSPS) is 13.4. The Labute approximate surface area is 195 Å². The molecule has 1 aliphatic heterocycles. The van der Waals surface area contributed by atoms with Gasteiger partial charge in [-0.2, -0.15) is 5.26 Å². The lowest BCUT2D eigenvalue weighted by Gasteiger charge is -2.30. The summed E-state index contributed by atoms with van der Waals surface area (Å²) in [6, 6.07) is 19.8. The van der Waals surface area contributed by atoms with Crippen LogP contribution in [0.4, 0.5) is 5.69 Å². The maximum absolute atomic E-state index is 13.7. The second-order valence-electron chi connectivity index (χ2n) is 8.42. The molecule has 0 unspecified atom stereocenters. The molecule has 0 radical (unpaired) electrons. The van der Waals surface area contributed by atoms with Crippen molar-refractivity contribution in [2.45, 2.75) is 26.1 Å². The highest BCUT2D eigenvalue weighted by Gasteiger charge is 2.24. The third kappa shape index (κ3) is 4.05. The first-order valence-electron chi connectivity index (χ1n) is 11.0. The number of non-ortho nitro benzene ring substituents is 1. The Morgan fingerprint density at radius 2 is 1.85 bits per heavy atom. The van der Waals surface area contributed by atoms with E-state index in [0.29, 0.717) is 24.3 Å². The van der Waals surface area contributed by atoms with Crippen molar-refractivity contribution in [1.82, 2.24) is 14.5 Å². The van der Waals surface area contributed by atoms with E-state index in [0.717, 1.165) is 40.6 Å². The fraction of sp³-hybridized carbons (Fsp3) is 0.192. The molecule has 0 saturated heterocycles. The van der Waals surface area contributed by atoms with Crippen LogP contribution in [0.1, 0.15) is 27.8 Å². The number of hydrogen-bond donors (Lipinski definition) is 0. The molecule has 0 bridgehead atoms. The van der Waals surface area contributed by atoms with Gasteiger partial charge in [0.1, 0.15) is 5.65 Å². The first-order valence-corrected chi connectivity index (χ1v) is 11.0. The second-order valence-corrected chi connectivity index (χ2v) is 8.42. The average molecular weight is 451 g/mol. The maximum Gasteiger partial charge on any atom is 0.269 e. The number of nitriles is 1. The van der Waals surface area contributed by atoms with Gasteiger partial charge in [0.15, 0.2) is 0 Å². The standard InChI is InChI=1S/C26H21N5O3/c27-14-19-3-1-4-20(13-19)15-29-12-10-22-23-5-2-11-28-25(23)30(26(32)24(22)17-29)16-18-6-8-21(9-7-18)31(33)34/h1-9,11,13H,10,12,15-17H2. The molecule has 1 aliphatic rings. The van der Waals surface area contributed by atoms with Gasteiger partial charge in [0.05, 0.1) is 23.1 Å². The van der Waals surface area contributed by atoms with Crippen molar-refractivity contribution >= 4 is 16.7 Å². The van der Waals surface area contributed by atoms with Gasteiger partial charge in [-0.15, -0.1) is 0 Å². The third-order valence-electron chi connectivity index (χ3n) is 6.24. The Morgan fingerprint density at radius 1 is 1.03 bits per heavy atom. The maximum atomic E-state index is 13.7. The van der Waals surface area contributed by atoms with Gasteiger partial charge in [-0.3, -0.25) is 24.4 Å². The van der Waals surface area contributed by atoms with Gasteiger partial charge in [0.2, 0.25) is 0 Å². The molecule has 0 aliphatic carbocycles. The van der Waals surface area contributed by atoms with E-state index < -0.39 is 4.92 Å². The van der Waals surface area contributed by atoms with Crippen LogP contribution in [-0.4, -0.2) is 25.9 Å². The van der Waals surface area contributed by atoms with E-state index in [2.05, 4.69) is 16.0 Å². The fourth-order valence-electron chi connectivity index (χ4n) is 4.60. The van der Waals surface area contributed by atoms with E-state index in [4.69, 9.17) is 0 Å². The molecule has 0 fully saturated rings. The first kappa shape index (κ1) is 21.5. The van der Waals surface area contributed by atoms with Crippen molar-refractivity contribution in [3.05, 3.63) is 115 Å². The molecule has 0 atom stereocenters. The van der Waals surface area contributed by atoms with Gasteiger partial charge in [0, 0.05) is 48.9 Å². The number of aromatic nitrogens is 2. The van der Waals surface area contributed by atoms with E-state index in [-0.39, 0.29) is 17.8 Å². The quantitative estimate of drug-likeness (QED) is 0.338. The number of nitro groups is 1. The van der Waals surface area contributed by atoms with Crippen LogP contribution in [0.2, 0.25) is 0 Å². The molecular weight excluding hydrogens is 430 g/mol. The van der Waals surface area contributed by atoms with Crippen LogP contribution in [0.3, 0.4) is 0 Å². The Kier molecular flexibility index (Phi) is 5.62. The summed E-state index contributed by atoms with van der Waals surface area (Å²) in [7, 11) is 0. The molecule has 4 aromatic rings. The SMILES string of the molecule is N#Cc1cccc(CN2CCc3c(c(=O)n(Cc4ccc([N+](=O)[O-])cc4)c4ncccc34)C2)c1. The van der Waals surface area contributed by atoms with Gasteiger partial charge in [-0.25, -0.2) is 4.98 Å². The molecule has 5 rings (SSSR count). The van der Waals surface area contributed by atoms with Crippen LogP contribution in [0, 0.1) is 21.4 Å². The molecule has 8 nitrogen and oxygen atoms in total. The van der Waals surface area contributed by atoms with Gasteiger partial charge in [-0.05, 0) is 47.4 Å². The summed E-state index contributed by atoms with van der Waals surface area (Å²) in [6.45, 7) is 2.25. The minimum absolute atomic E-state index is 0.0145. The lowest BCUT2D eigenvalue weighted by atomic mass is 9.97. The summed E-state index contributed by atoms with van der Waals surface area (Å²) in [5, 5.41) is 21.1. The van der Waals surface area contributed by atoms with E-state index in [1.807, 2.05) is 30.3 Å². The molecule has 0 amide bonds. The zero-order valence-corrected chi connectivity index (χ0v) is 18.3. The fourth-order valence-corrected chi connectivity index (χ4v) is 4.60. The van der Waals surface area contributed by atoms with E-state index >= 15 is 0 Å². The minimum atomic E-state index is -0.438. The summed E-state index contributed by atoms with van der Waals surface area (Å²) in [6.07, 6.45) is 2.42. The average Bonchev–Trinajstić information content (AvgIpc) is 2.87. The zero-order chi connectivity index (χ0) is 23.7. The third-order valence-corrected chi connectivity index (χ3v) is 6.24. The van der Waals surface area contributed by atoms with Crippen molar-refractivity contribution in [2.24, 2.45) is 0 Å². The Balaban J connectivity index is 1.51. The van der Waals surface area contributed by atoms with Crippen LogP contribution in [0.15, 0.2) is 71.7 Å². The van der Waals surface area contributed by atoms with Crippen molar-refractivity contribution in [3.63, 3.8) is 0 Å². The van der Waals surface area contributed by atoms with Crippen molar-refractivity contribution in [1.29, 1.82) is 5.26 Å². The molecule has 34 heavy (non-hydrogen) atoms. The Bertz CT molecular complexity index is 1500. The van der Waals surface area contributed by atoms with E-state index in [9.17, 15) is 20.2 Å². The lowest BCUT2D eigenvalue weighted by molar-refractivity contribution is -0.384. The van der Waals surface area contributed by atoms with Crippen LogP contribution < -0.4 is 5.56 Å². The van der Waals surface area contributed by atoms with Crippen molar-refractivity contribution in [2.75, 3.05) is 6.54 Å². The molecule has 0 N–H and O–H groups in total. The number of benzene rings is 2. The second kappa shape index (κ2) is 8.89. The molecule has 8 heteroatoms. The van der Waals surface area contributed by atoms with Gasteiger partial charge >= 0.3 is 0 Å². The highest BCUT2D eigenvalue weighted by molar-refractivity contribution is 5.80. The predicted octanol–water partition coefficient (Wildman–Crippen LogP) is 3.78. The van der Waals surface area contributed by atoms with E-state index in [1.54, 1.807) is 29.0 Å². The molecule has 2 aromatic carbocycles. The van der Waals surface area contributed by atoms with Crippen LogP contribution in [-0.2, 0) is 26.1 Å². The first-order chi connectivity index (χ1) is 16.5. The van der Waals surface area contributed by atoms with Crippen LogP contribution >= 0.6 is 0 Å². The van der Waals surface area contributed by atoms with Crippen molar-refractivity contribution < 1.29 is 4.92 Å². The summed E-state index contributed by atoms with van der Waals surface area (Å²) in [4.78, 5) is 30.9. The number of hydrogen-bond acceptors (Lipinski definition) is 6. The number of fused-ring (bicyclic) bond motifs is 3. The summed E-state index contributed by atoms with van der Waals surface area (Å²) >= 11 is 0. The van der Waals surface area contributed by atoms with Crippen LogP contribution in [0.5, 0.6) is 0 Å². The lowest BCUT2D eigenvalue weighted by Crippen LogP contribution is -2.37. The van der Waals surface area contributed by atoms with Crippen LogP contribution in [0.25, 0.3) is 11.0 Å². The molecule has 0 saturated carbocycles. The highest BCUT2D eigenvalue weighted by Crippen LogP contribution is 2.26. The van der Waals surface area contributed by atoms with E-state index in [1.165, 1.54) is 12.1 Å². The molecule has 168 valence electrons. The van der Waals surface area contributed by atoms with Gasteiger partial charge < -0.3 is 0 Å². The summed E-state index contributed by atoms with van der Waals surface area (Å²) in [5.41, 5.74) is 4.80. The molecule has 0 spiro atoms. The number of rotatable bonds is 5. The molecule has 2 aromatic heterocycles. The monoisotopic (exact) mass is 451 g/mol. The zero-order valence-electron chi connectivity index (χ0n) is 18.3. The number of nitro benzene ring substituents is 1. The number of pyridine rings is 2. The molecule has 3 heterocycles. The summed E-state index contributed by atoms with van der Waals surface area (Å²) < 4.78 is 1.66. The Hall–Kier alpha value is -4.35. The Morgan fingerprint density at radius 3 is 2.62 bits per heavy atom. The van der Waals surface area contributed by atoms with Crippen molar-refractivity contribution in [3.8, 4) is 6.07 Å². The van der Waals surface area contributed by atoms with Gasteiger partial charge in [0.25, 0.3) is 11.2 Å². The largest absolute Gasteiger partial charge is 0.294 e.